The van der Waals surface area contributed by atoms with Crippen LogP contribution >= 0.6 is 11.8 Å². The summed E-state index contributed by atoms with van der Waals surface area (Å²) in [6.45, 7) is 3.71. The molecule has 32 heavy (non-hydrogen) atoms. The van der Waals surface area contributed by atoms with E-state index in [4.69, 9.17) is 0 Å². The summed E-state index contributed by atoms with van der Waals surface area (Å²) in [5.41, 5.74) is 1.50. The molecule has 0 saturated carbocycles. The summed E-state index contributed by atoms with van der Waals surface area (Å²) in [4.78, 5) is 35.3. The summed E-state index contributed by atoms with van der Waals surface area (Å²) in [5.74, 6) is -0.105. The molecule has 3 aromatic rings. The minimum absolute atomic E-state index is 0.0119. The number of amides is 2. The second kappa shape index (κ2) is 10.1. The van der Waals surface area contributed by atoms with Crippen LogP contribution in [0.15, 0.2) is 53.7 Å². The van der Waals surface area contributed by atoms with E-state index in [0.29, 0.717) is 16.5 Å². The van der Waals surface area contributed by atoms with Crippen LogP contribution in [-0.4, -0.2) is 37.3 Å². The van der Waals surface area contributed by atoms with Gasteiger partial charge in [0.25, 0.3) is 11.6 Å². The number of nitrogens with zero attached hydrogens (tertiary/aromatic N) is 4. The Morgan fingerprint density at radius 1 is 1.19 bits per heavy atom. The molecule has 0 saturated heterocycles. The van der Waals surface area contributed by atoms with E-state index in [1.165, 1.54) is 18.2 Å². The monoisotopic (exact) mass is 454 g/mol. The second-order valence-corrected chi connectivity index (χ2v) is 8.02. The predicted octanol–water partition coefficient (Wildman–Crippen LogP) is 3.25. The van der Waals surface area contributed by atoms with Crippen molar-refractivity contribution in [1.82, 2.24) is 20.1 Å². The summed E-state index contributed by atoms with van der Waals surface area (Å²) >= 11 is 1.14. The second-order valence-electron chi connectivity index (χ2n) is 7.08. The highest BCUT2D eigenvalue weighted by molar-refractivity contribution is 7.99. The van der Waals surface area contributed by atoms with Gasteiger partial charge in [-0.2, -0.15) is 0 Å². The van der Waals surface area contributed by atoms with Gasteiger partial charge in [-0.25, -0.2) is 0 Å². The van der Waals surface area contributed by atoms with Crippen molar-refractivity contribution in [3.8, 4) is 0 Å². The third-order valence-electron chi connectivity index (χ3n) is 4.59. The van der Waals surface area contributed by atoms with E-state index in [-0.39, 0.29) is 23.0 Å². The van der Waals surface area contributed by atoms with Gasteiger partial charge in [0.05, 0.1) is 16.7 Å². The number of rotatable bonds is 8. The highest BCUT2D eigenvalue weighted by atomic mass is 32.2. The molecular weight excluding hydrogens is 432 g/mol. The number of carbonyl (C=O) groups excluding carboxylic acids is 2. The van der Waals surface area contributed by atoms with Crippen LogP contribution in [-0.2, 0) is 11.8 Å². The van der Waals surface area contributed by atoms with Gasteiger partial charge in [0.2, 0.25) is 5.91 Å². The van der Waals surface area contributed by atoms with Crippen molar-refractivity contribution in [2.45, 2.75) is 25.0 Å². The van der Waals surface area contributed by atoms with Gasteiger partial charge in [0.1, 0.15) is 5.69 Å². The van der Waals surface area contributed by atoms with Crippen molar-refractivity contribution in [3.63, 3.8) is 0 Å². The highest BCUT2D eigenvalue weighted by Crippen LogP contribution is 2.24. The Bertz CT molecular complexity index is 1160. The van der Waals surface area contributed by atoms with Crippen LogP contribution in [0.2, 0.25) is 0 Å². The molecule has 2 amide bonds. The van der Waals surface area contributed by atoms with Crippen molar-refractivity contribution >= 4 is 35.0 Å². The van der Waals surface area contributed by atoms with E-state index in [9.17, 15) is 19.7 Å². The fraction of sp³-hybridized carbons (Fsp3) is 0.238. The van der Waals surface area contributed by atoms with Gasteiger partial charge in [-0.1, -0.05) is 41.6 Å². The molecule has 0 spiro atoms. The fourth-order valence-corrected chi connectivity index (χ4v) is 3.73. The van der Waals surface area contributed by atoms with Crippen molar-refractivity contribution in [1.29, 1.82) is 0 Å². The topological polar surface area (TPSA) is 132 Å². The number of anilines is 1. The molecule has 166 valence electrons. The van der Waals surface area contributed by atoms with Crippen LogP contribution in [0.25, 0.3) is 0 Å². The van der Waals surface area contributed by atoms with Crippen LogP contribution in [0.1, 0.15) is 34.7 Å². The van der Waals surface area contributed by atoms with Gasteiger partial charge < -0.3 is 15.2 Å². The van der Waals surface area contributed by atoms with Gasteiger partial charge in [0.15, 0.2) is 11.0 Å². The molecule has 0 fully saturated rings. The van der Waals surface area contributed by atoms with Gasteiger partial charge >= 0.3 is 0 Å². The number of thioether (sulfide) groups is 1. The van der Waals surface area contributed by atoms with Crippen molar-refractivity contribution < 1.29 is 14.5 Å². The van der Waals surface area contributed by atoms with Gasteiger partial charge in [0, 0.05) is 18.7 Å². The molecule has 0 unspecified atom stereocenters. The maximum absolute atomic E-state index is 12.5. The zero-order valence-electron chi connectivity index (χ0n) is 17.7. The molecule has 2 N–H and O–H groups in total. The minimum atomic E-state index is -0.551. The van der Waals surface area contributed by atoms with Gasteiger partial charge in [-0.05, 0) is 32.0 Å². The first kappa shape index (κ1) is 22.9. The standard InChI is InChI=1S/C21H22N6O4S/c1-13-7-6-8-15(11-13)20(29)22-14(2)19-24-25-21(26(19)3)32-12-18(28)23-16-9-4-5-10-17(16)27(30)31/h4-11,14H,12H2,1-3H3,(H,22,29)(H,23,28)/t14-/m0/s1. The van der Waals surface area contributed by atoms with E-state index in [2.05, 4.69) is 20.8 Å². The molecule has 1 heterocycles. The Hall–Kier alpha value is -3.73. The Kier molecular flexibility index (Phi) is 7.21. The summed E-state index contributed by atoms with van der Waals surface area (Å²) in [6, 6.07) is 12.8. The molecule has 11 heteroatoms. The zero-order valence-corrected chi connectivity index (χ0v) is 18.5. The molecule has 1 aromatic heterocycles. The third-order valence-corrected chi connectivity index (χ3v) is 5.61. The molecule has 0 bridgehead atoms. The summed E-state index contributed by atoms with van der Waals surface area (Å²) in [7, 11) is 1.74. The number of nitrogens with one attached hydrogen (secondary N) is 2. The lowest BCUT2D eigenvalue weighted by Gasteiger charge is -2.14. The van der Waals surface area contributed by atoms with Crippen molar-refractivity contribution in [2.75, 3.05) is 11.1 Å². The first-order valence-electron chi connectivity index (χ1n) is 9.69. The SMILES string of the molecule is Cc1cccc(C(=O)N[C@@H](C)c2nnc(SCC(=O)Nc3ccccc3[N+](=O)[O-])n2C)c1. The fourth-order valence-electron chi connectivity index (χ4n) is 3.01. The molecule has 0 aliphatic rings. The van der Waals surface area contributed by atoms with E-state index in [1.54, 1.807) is 36.7 Å². The molecule has 3 rings (SSSR count). The third kappa shape index (κ3) is 5.49. The van der Waals surface area contributed by atoms with Crippen LogP contribution in [0.4, 0.5) is 11.4 Å². The minimum Gasteiger partial charge on any atom is -0.342 e. The highest BCUT2D eigenvalue weighted by Gasteiger charge is 2.20. The summed E-state index contributed by atoms with van der Waals surface area (Å²) < 4.78 is 1.70. The number of carbonyl (C=O) groups is 2. The number of nitro benzene ring substituents is 1. The Morgan fingerprint density at radius 2 is 1.94 bits per heavy atom. The smallest absolute Gasteiger partial charge is 0.292 e. The summed E-state index contributed by atoms with van der Waals surface area (Å²) in [5, 5.41) is 25.2. The Morgan fingerprint density at radius 3 is 2.66 bits per heavy atom. The van der Waals surface area contributed by atoms with Gasteiger partial charge in [-0.15, -0.1) is 10.2 Å². The summed E-state index contributed by atoms with van der Waals surface area (Å²) in [6.07, 6.45) is 0. The van der Waals surface area contributed by atoms with Crippen LogP contribution in [0.5, 0.6) is 0 Å². The molecular formula is C21H22N6O4S. The number of aromatic nitrogens is 3. The van der Waals surface area contributed by atoms with Crippen molar-refractivity contribution in [2.24, 2.45) is 7.05 Å². The quantitative estimate of drug-likeness (QED) is 0.303. The average molecular weight is 455 g/mol. The van der Waals surface area contributed by atoms with Crippen LogP contribution < -0.4 is 10.6 Å². The number of hydrogen-bond donors (Lipinski definition) is 2. The Balaban J connectivity index is 1.60. The molecule has 0 aliphatic carbocycles. The van der Waals surface area contributed by atoms with Crippen LogP contribution in [0, 0.1) is 17.0 Å². The molecule has 10 nitrogen and oxygen atoms in total. The first-order valence-corrected chi connectivity index (χ1v) is 10.7. The largest absolute Gasteiger partial charge is 0.342 e. The lowest BCUT2D eigenvalue weighted by atomic mass is 10.1. The molecule has 0 aliphatic heterocycles. The van der Waals surface area contributed by atoms with E-state index in [1.807, 2.05) is 19.1 Å². The average Bonchev–Trinajstić information content (AvgIpc) is 3.13. The zero-order chi connectivity index (χ0) is 23.3. The predicted molar refractivity (Wildman–Crippen MR) is 121 cm³/mol. The lowest BCUT2D eigenvalue weighted by molar-refractivity contribution is -0.383. The Labute approximate surface area is 188 Å². The molecule has 0 radical (unpaired) electrons. The van der Waals surface area contributed by atoms with Gasteiger partial charge in [-0.3, -0.25) is 19.7 Å². The lowest BCUT2D eigenvalue weighted by Crippen LogP contribution is -2.28. The number of benzene rings is 2. The molecule has 2 aromatic carbocycles. The van der Waals surface area contributed by atoms with E-state index in [0.717, 1.165) is 17.3 Å². The van der Waals surface area contributed by atoms with E-state index >= 15 is 0 Å². The number of hydrogen-bond acceptors (Lipinski definition) is 7. The number of para-hydroxylation sites is 2. The maximum Gasteiger partial charge on any atom is 0.292 e. The van der Waals surface area contributed by atoms with Crippen LogP contribution in [0.3, 0.4) is 0 Å². The maximum atomic E-state index is 12.5. The van der Waals surface area contributed by atoms with Crippen molar-refractivity contribution in [3.05, 3.63) is 75.6 Å². The number of aryl methyl sites for hydroxylation is 1. The normalized spacial score (nSPS) is 11.6. The number of nitro groups is 1. The van der Waals surface area contributed by atoms with E-state index < -0.39 is 16.9 Å². The molecule has 1 atom stereocenters. The first-order chi connectivity index (χ1) is 15.3.